The van der Waals surface area contributed by atoms with Crippen LogP contribution in [0.15, 0.2) is 47.4 Å². The van der Waals surface area contributed by atoms with Gasteiger partial charge in [0.25, 0.3) is 0 Å². The van der Waals surface area contributed by atoms with Gasteiger partial charge >= 0.3 is 0 Å². The normalized spacial score (nSPS) is 13.1. The van der Waals surface area contributed by atoms with E-state index in [-0.39, 0.29) is 21.6 Å². The van der Waals surface area contributed by atoms with Gasteiger partial charge in [-0.15, -0.1) is 0 Å². The Balaban J connectivity index is 2.31. The molecule has 0 amide bonds. The molecule has 0 saturated carbocycles. The van der Waals surface area contributed by atoms with Gasteiger partial charge in [-0.1, -0.05) is 47.5 Å². The Bertz CT molecular complexity index is 723. The molecule has 0 aromatic heterocycles. The van der Waals surface area contributed by atoms with Crippen molar-refractivity contribution < 1.29 is 8.42 Å². The summed E-state index contributed by atoms with van der Waals surface area (Å²) < 4.78 is 27.5. The third kappa shape index (κ3) is 3.56. The predicted molar refractivity (Wildman–Crippen MR) is 85.8 cm³/mol. The molecule has 1 atom stereocenters. The summed E-state index contributed by atoms with van der Waals surface area (Å²) in [6.07, 6.45) is 0. The van der Waals surface area contributed by atoms with Crippen LogP contribution in [0, 0.1) is 6.92 Å². The molecule has 112 valence electrons. The van der Waals surface area contributed by atoms with Crippen molar-refractivity contribution in [3.8, 4) is 0 Å². The highest BCUT2D eigenvalue weighted by Gasteiger charge is 2.23. The second kappa shape index (κ2) is 6.05. The zero-order valence-electron chi connectivity index (χ0n) is 11.8. The first-order chi connectivity index (χ1) is 9.81. The minimum atomic E-state index is -3.79. The molecule has 0 fully saturated rings. The predicted octanol–water partition coefficient (Wildman–Crippen LogP) is 3.27. The fraction of sp³-hybridized carbons (Fsp3) is 0.200. The number of halogens is 1. The van der Waals surface area contributed by atoms with Crippen molar-refractivity contribution in [3.05, 3.63) is 58.6 Å². The van der Waals surface area contributed by atoms with Gasteiger partial charge in [0.05, 0.1) is 10.7 Å². The molecule has 6 heteroatoms. The Morgan fingerprint density at radius 2 is 1.76 bits per heavy atom. The van der Waals surface area contributed by atoms with E-state index >= 15 is 0 Å². The summed E-state index contributed by atoms with van der Waals surface area (Å²) >= 11 is 5.97. The van der Waals surface area contributed by atoms with Crippen molar-refractivity contribution >= 4 is 27.3 Å². The first-order valence-electron chi connectivity index (χ1n) is 6.44. The van der Waals surface area contributed by atoms with Crippen molar-refractivity contribution in [3.63, 3.8) is 0 Å². The number of nitrogens with one attached hydrogen (secondary N) is 1. The molecule has 1 unspecified atom stereocenters. The maximum atomic E-state index is 12.4. The van der Waals surface area contributed by atoms with Gasteiger partial charge in [-0.2, -0.15) is 0 Å². The average Bonchev–Trinajstić information content (AvgIpc) is 2.38. The van der Waals surface area contributed by atoms with Crippen molar-refractivity contribution in [2.24, 2.45) is 0 Å². The largest absolute Gasteiger partial charge is 0.398 e. The number of sulfonamides is 1. The smallest absolute Gasteiger partial charge is 0.244 e. The van der Waals surface area contributed by atoms with Gasteiger partial charge in [-0.3, -0.25) is 0 Å². The second-order valence-corrected chi connectivity index (χ2v) is 6.97. The number of aryl methyl sites for hydroxylation is 1. The maximum Gasteiger partial charge on any atom is 0.244 e. The van der Waals surface area contributed by atoms with Crippen LogP contribution >= 0.6 is 11.6 Å². The van der Waals surface area contributed by atoms with Gasteiger partial charge in [-0.25, -0.2) is 13.1 Å². The van der Waals surface area contributed by atoms with E-state index in [9.17, 15) is 8.42 Å². The van der Waals surface area contributed by atoms with Crippen LogP contribution in [0.4, 0.5) is 5.69 Å². The van der Waals surface area contributed by atoms with E-state index in [1.54, 1.807) is 13.0 Å². The molecule has 0 spiro atoms. The molecule has 0 aliphatic rings. The van der Waals surface area contributed by atoms with Crippen LogP contribution < -0.4 is 10.5 Å². The highest BCUT2D eigenvalue weighted by Crippen LogP contribution is 2.28. The lowest BCUT2D eigenvalue weighted by Crippen LogP contribution is -2.27. The monoisotopic (exact) mass is 324 g/mol. The topological polar surface area (TPSA) is 72.2 Å². The Morgan fingerprint density at radius 3 is 2.33 bits per heavy atom. The van der Waals surface area contributed by atoms with Crippen molar-refractivity contribution in [1.82, 2.24) is 4.72 Å². The second-order valence-electron chi connectivity index (χ2n) is 4.91. The van der Waals surface area contributed by atoms with Crippen LogP contribution in [-0.2, 0) is 10.0 Å². The summed E-state index contributed by atoms with van der Waals surface area (Å²) in [5.41, 5.74) is 7.85. The van der Waals surface area contributed by atoms with Gasteiger partial charge in [0, 0.05) is 6.04 Å². The van der Waals surface area contributed by atoms with Crippen molar-refractivity contribution in [1.29, 1.82) is 0 Å². The summed E-state index contributed by atoms with van der Waals surface area (Å²) in [4.78, 5) is -0.0781. The molecule has 2 rings (SSSR count). The lowest BCUT2D eigenvalue weighted by Gasteiger charge is -2.16. The molecule has 2 aromatic rings. The molecule has 3 N–H and O–H groups in total. The number of rotatable bonds is 4. The standard InChI is InChI=1S/C15H17ClN2O2S/c1-10-6-8-12(9-7-10)11(2)18-21(19,20)15-13(16)4-3-5-14(15)17/h3-9,11,18H,17H2,1-2H3. The van der Waals surface area contributed by atoms with Gasteiger partial charge in [0.15, 0.2) is 0 Å². The summed E-state index contributed by atoms with van der Waals surface area (Å²) in [5, 5.41) is 0.110. The van der Waals surface area contributed by atoms with E-state index in [1.807, 2.05) is 31.2 Å². The van der Waals surface area contributed by atoms with E-state index < -0.39 is 10.0 Å². The molecular weight excluding hydrogens is 308 g/mol. The zero-order chi connectivity index (χ0) is 15.6. The molecule has 0 heterocycles. The van der Waals surface area contributed by atoms with Crippen LogP contribution in [0.5, 0.6) is 0 Å². The fourth-order valence-electron chi connectivity index (χ4n) is 2.02. The highest BCUT2D eigenvalue weighted by molar-refractivity contribution is 7.89. The average molecular weight is 325 g/mol. The third-order valence-corrected chi connectivity index (χ3v) is 5.26. The van der Waals surface area contributed by atoms with Crippen LogP contribution in [0.1, 0.15) is 24.1 Å². The Morgan fingerprint density at radius 1 is 1.14 bits per heavy atom. The molecular formula is C15H17ClN2O2S. The van der Waals surface area contributed by atoms with E-state index in [4.69, 9.17) is 17.3 Å². The SMILES string of the molecule is Cc1ccc(C(C)NS(=O)(=O)c2c(N)cccc2Cl)cc1. The summed E-state index contributed by atoms with van der Waals surface area (Å²) in [6, 6.07) is 11.9. The lowest BCUT2D eigenvalue weighted by atomic mass is 10.1. The van der Waals surface area contributed by atoms with Crippen LogP contribution in [-0.4, -0.2) is 8.42 Å². The molecule has 0 bridgehead atoms. The fourth-order valence-corrected chi connectivity index (χ4v) is 3.93. The lowest BCUT2D eigenvalue weighted by molar-refractivity contribution is 0.567. The van der Waals surface area contributed by atoms with E-state index in [0.29, 0.717) is 0 Å². The first kappa shape index (κ1) is 15.8. The Labute approximate surface area is 130 Å². The zero-order valence-corrected chi connectivity index (χ0v) is 13.4. The molecule has 0 aliphatic heterocycles. The van der Waals surface area contributed by atoms with Crippen LogP contribution in [0.2, 0.25) is 5.02 Å². The van der Waals surface area contributed by atoms with E-state index in [1.165, 1.54) is 12.1 Å². The van der Waals surface area contributed by atoms with E-state index in [2.05, 4.69) is 4.72 Å². The van der Waals surface area contributed by atoms with Crippen molar-refractivity contribution in [2.45, 2.75) is 24.8 Å². The minimum Gasteiger partial charge on any atom is -0.398 e. The number of hydrogen-bond acceptors (Lipinski definition) is 3. The summed E-state index contributed by atoms with van der Waals surface area (Å²) in [6.45, 7) is 3.75. The molecule has 4 nitrogen and oxygen atoms in total. The van der Waals surface area contributed by atoms with Crippen LogP contribution in [0.3, 0.4) is 0 Å². The number of nitrogen functional groups attached to an aromatic ring is 1. The first-order valence-corrected chi connectivity index (χ1v) is 8.30. The summed E-state index contributed by atoms with van der Waals surface area (Å²) in [5.74, 6) is 0. The van der Waals surface area contributed by atoms with Gasteiger partial charge in [0.1, 0.15) is 4.90 Å². The molecule has 0 aliphatic carbocycles. The Hall–Kier alpha value is -1.56. The summed E-state index contributed by atoms with van der Waals surface area (Å²) in [7, 11) is -3.79. The molecule has 0 radical (unpaired) electrons. The Kier molecular flexibility index (Phi) is 4.56. The van der Waals surface area contributed by atoms with Crippen LogP contribution in [0.25, 0.3) is 0 Å². The number of nitrogens with two attached hydrogens (primary N) is 1. The molecule has 0 saturated heterocycles. The number of benzene rings is 2. The van der Waals surface area contributed by atoms with Gasteiger partial charge < -0.3 is 5.73 Å². The maximum absolute atomic E-state index is 12.4. The van der Waals surface area contributed by atoms with Gasteiger partial charge in [0.2, 0.25) is 10.0 Å². The number of hydrogen-bond donors (Lipinski definition) is 2. The molecule has 21 heavy (non-hydrogen) atoms. The van der Waals surface area contributed by atoms with E-state index in [0.717, 1.165) is 11.1 Å². The quantitative estimate of drug-likeness (QED) is 0.848. The third-order valence-electron chi connectivity index (χ3n) is 3.18. The van der Waals surface area contributed by atoms with Crippen molar-refractivity contribution in [2.75, 3.05) is 5.73 Å². The highest BCUT2D eigenvalue weighted by atomic mass is 35.5. The molecule has 2 aromatic carbocycles. The minimum absolute atomic E-state index is 0.0781. The van der Waals surface area contributed by atoms with Gasteiger partial charge in [-0.05, 0) is 31.5 Å². The number of anilines is 1.